The SMILES string of the molecule is N#Cc1c(F)cccc1NC(=O)c1ccnc(NN)c1. The Balaban J connectivity index is 2.28. The predicted molar refractivity (Wildman–Crippen MR) is 71.1 cm³/mol. The van der Waals surface area contributed by atoms with Crippen LogP contribution in [0.15, 0.2) is 36.5 Å². The van der Waals surface area contributed by atoms with Crippen molar-refractivity contribution in [3.8, 4) is 6.07 Å². The van der Waals surface area contributed by atoms with Gasteiger partial charge in [0.25, 0.3) is 5.91 Å². The molecule has 0 atom stereocenters. The third-order valence-electron chi connectivity index (χ3n) is 2.54. The highest BCUT2D eigenvalue weighted by atomic mass is 19.1. The molecule has 2 rings (SSSR count). The van der Waals surface area contributed by atoms with E-state index in [1.54, 1.807) is 6.07 Å². The number of carbonyl (C=O) groups is 1. The molecule has 0 unspecified atom stereocenters. The highest BCUT2D eigenvalue weighted by Crippen LogP contribution is 2.19. The largest absolute Gasteiger partial charge is 0.321 e. The maximum atomic E-state index is 13.4. The number of halogens is 1. The number of aromatic nitrogens is 1. The van der Waals surface area contributed by atoms with Gasteiger partial charge in [-0.15, -0.1) is 0 Å². The van der Waals surface area contributed by atoms with Gasteiger partial charge in [0.15, 0.2) is 0 Å². The number of anilines is 2. The predicted octanol–water partition coefficient (Wildman–Crippen LogP) is 1.63. The molecule has 0 spiro atoms. The summed E-state index contributed by atoms with van der Waals surface area (Å²) in [5, 5.41) is 11.4. The number of hydrazine groups is 1. The van der Waals surface area contributed by atoms with Gasteiger partial charge in [-0.2, -0.15) is 5.26 Å². The second kappa shape index (κ2) is 5.77. The molecule has 0 saturated carbocycles. The summed E-state index contributed by atoms with van der Waals surface area (Å²) in [5.74, 6) is 4.33. The zero-order chi connectivity index (χ0) is 14.5. The van der Waals surface area contributed by atoms with Crippen molar-refractivity contribution in [2.45, 2.75) is 0 Å². The molecule has 0 aliphatic carbocycles. The van der Waals surface area contributed by atoms with Gasteiger partial charge in [-0.05, 0) is 24.3 Å². The lowest BCUT2D eigenvalue weighted by Crippen LogP contribution is -2.15. The first kappa shape index (κ1) is 13.5. The van der Waals surface area contributed by atoms with Gasteiger partial charge in [0.2, 0.25) is 0 Å². The number of pyridine rings is 1. The molecule has 0 aliphatic heterocycles. The maximum Gasteiger partial charge on any atom is 0.255 e. The number of carbonyl (C=O) groups excluding carboxylic acids is 1. The van der Waals surface area contributed by atoms with E-state index in [2.05, 4.69) is 15.7 Å². The van der Waals surface area contributed by atoms with Gasteiger partial charge < -0.3 is 10.7 Å². The topological polar surface area (TPSA) is 104 Å². The van der Waals surface area contributed by atoms with Crippen LogP contribution < -0.4 is 16.6 Å². The van der Waals surface area contributed by atoms with Crippen LogP contribution in [0.3, 0.4) is 0 Å². The van der Waals surface area contributed by atoms with Crippen LogP contribution in [0.2, 0.25) is 0 Å². The van der Waals surface area contributed by atoms with Crippen molar-refractivity contribution in [3.05, 3.63) is 53.5 Å². The molecule has 0 fully saturated rings. The smallest absolute Gasteiger partial charge is 0.255 e. The number of nitriles is 1. The van der Waals surface area contributed by atoms with E-state index in [-0.39, 0.29) is 16.8 Å². The minimum atomic E-state index is -0.690. The molecule has 1 amide bonds. The van der Waals surface area contributed by atoms with Crippen molar-refractivity contribution < 1.29 is 9.18 Å². The number of nitrogens with one attached hydrogen (secondary N) is 2. The van der Waals surface area contributed by atoms with Crippen LogP contribution in [0.4, 0.5) is 15.9 Å². The van der Waals surface area contributed by atoms with Crippen LogP contribution in [0.1, 0.15) is 15.9 Å². The number of hydrogen-bond acceptors (Lipinski definition) is 5. The summed E-state index contributed by atoms with van der Waals surface area (Å²) in [6.07, 6.45) is 1.40. The highest BCUT2D eigenvalue weighted by molar-refractivity contribution is 6.05. The van der Waals surface area contributed by atoms with E-state index >= 15 is 0 Å². The minimum Gasteiger partial charge on any atom is -0.321 e. The van der Waals surface area contributed by atoms with Crippen molar-refractivity contribution in [1.82, 2.24) is 4.98 Å². The van der Waals surface area contributed by atoms with Crippen molar-refractivity contribution in [3.63, 3.8) is 0 Å². The van der Waals surface area contributed by atoms with E-state index in [9.17, 15) is 9.18 Å². The molecule has 2 aromatic rings. The van der Waals surface area contributed by atoms with E-state index < -0.39 is 11.7 Å². The van der Waals surface area contributed by atoms with Crippen LogP contribution in [0.25, 0.3) is 0 Å². The minimum absolute atomic E-state index is 0.108. The standard InChI is InChI=1S/C13H10FN5O/c14-10-2-1-3-11(9(10)7-15)18-13(20)8-4-5-17-12(6-8)19-16/h1-6H,16H2,(H,17,19)(H,18,20). The Kier molecular flexibility index (Phi) is 3.88. The fourth-order valence-electron chi connectivity index (χ4n) is 1.59. The summed E-state index contributed by atoms with van der Waals surface area (Å²) in [7, 11) is 0. The molecule has 100 valence electrons. The molecule has 1 heterocycles. The number of amides is 1. The molecule has 0 radical (unpaired) electrons. The average molecular weight is 271 g/mol. The Hall–Kier alpha value is -2.98. The maximum absolute atomic E-state index is 13.4. The second-order valence-electron chi connectivity index (χ2n) is 3.80. The monoisotopic (exact) mass is 271 g/mol. The van der Waals surface area contributed by atoms with E-state index in [1.807, 2.05) is 0 Å². The Morgan fingerprint density at radius 2 is 2.20 bits per heavy atom. The van der Waals surface area contributed by atoms with Gasteiger partial charge in [0.1, 0.15) is 23.3 Å². The quantitative estimate of drug-likeness (QED) is 0.581. The van der Waals surface area contributed by atoms with Crippen LogP contribution in [0.5, 0.6) is 0 Å². The van der Waals surface area contributed by atoms with Crippen LogP contribution in [-0.2, 0) is 0 Å². The summed E-state index contributed by atoms with van der Waals surface area (Å²) in [6.45, 7) is 0. The zero-order valence-electron chi connectivity index (χ0n) is 10.2. The van der Waals surface area contributed by atoms with E-state index in [1.165, 1.54) is 30.5 Å². The van der Waals surface area contributed by atoms with E-state index in [0.717, 1.165) is 6.07 Å². The van der Waals surface area contributed by atoms with Gasteiger partial charge in [0.05, 0.1) is 5.69 Å². The molecule has 6 nitrogen and oxygen atoms in total. The van der Waals surface area contributed by atoms with Gasteiger partial charge >= 0.3 is 0 Å². The molecule has 7 heteroatoms. The van der Waals surface area contributed by atoms with Crippen molar-refractivity contribution >= 4 is 17.4 Å². The second-order valence-corrected chi connectivity index (χ2v) is 3.80. The average Bonchev–Trinajstić information content (AvgIpc) is 2.47. The van der Waals surface area contributed by atoms with Crippen LogP contribution >= 0.6 is 0 Å². The van der Waals surface area contributed by atoms with E-state index in [4.69, 9.17) is 11.1 Å². The molecule has 20 heavy (non-hydrogen) atoms. The molecule has 0 bridgehead atoms. The fraction of sp³-hybridized carbons (Fsp3) is 0. The molecule has 0 saturated heterocycles. The van der Waals surface area contributed by atoms with Gasteiger partial charge in [-0.25, -0.2) is 15.2 Å². The summed E-state index contributed by atoms with van der Waals surface area (Å²) in [6, 6.07) is 8.62. The first-order chi connectivity index (χ1) is 9.65. The lowest BCUT2D eigenvalue weighted by Gasteiger charge is -2.08. The molecular weight excluding hydrogens is 261 g/mol. The number of nitrogens with two attached hydrogens (primary N) is 1. The number of hydrogen-bond donors (Lipinski definition) is 3. The lowest BCUT2D eigenvalue weighted by atomic mass is 10.1. The van der Waals surface area contributed by atoms with Gasteiger partial charge in [-0.3, -0.25) is 4.79 Å². The Labute approximate surface area is 114 Å². The van der Waals surface area contributed by atoms with Crippen molar-refractivity contribution in [2.75, 3.05) is 10.7 Å². The number of rotatable bonds is 3. The number of benzene rings is 1. The molecular formula is C13H10FN5O. The third kappa shape index (κ3) is 2.71. The third-order valence-corrected chi connectivity index (χ3v) is 2.54. The van der Waals surface area contributed by atoms with Crippen molar-refractivity contribution in [2.24, 2.45) is 5.84 Å². The van der Waals surface area contributed by atoms with Gasteiger partial charge in [0, 0.05) is 11.8 Å². The Bertz CT molecular complexity index is 695. The molecule has 1 aromatic heterocycles. The summed E-state index contributed by atoms with van der Waals surface area (Å²) in [4.78, 5) is 15.9. The highest BCUT2D eigenvalue weighted by Gasteiger charge is 2.12. The Morgan fingerprint density at radius 3 is 2.90 bits per heavy atom. The van der Waals surface area contributed by atoms with Crippen LogP contribution in [-0.4, -0.2) is 10.9 Å². The summed E-state index contributed by atoms with van der Waals surface area (Å²) >= 11 is 0. The summed E-state index contributed by atoms with van der Waals surface area (Å²) in [5.41, 5.74) is 2.49. The molecule has 0 aliphatic rings. The first-order valence-corrected chi connectivity index (χ1v) is 5.58. The number of nitrogens with zero attached hydrogens (tertiary/aromatic N) is 2. The first-order valence-electron chi connectivity index (χ1n) is 5.58. The summed E-state index contributed by atoms with van der Waals surface area (Å²) < 4.78 is 13.4. The fourth-order valence-corrected chi connectivity index (χ4v) is 1.59. The van der Waals surface area contributed by atoms with Crippen LogP contribution in [0, 0.1) is 17.1 Å². The Morgan fingerprint density at radius 1 is 1.40 bits per heavy atom. The van der Waals surface area contributed by atoms with E-state index in [0.29, 0.717) is 5.82 Å². The molecule has 4 N–H and O–H groups in total. The number of nitrogen functional groups attached to an aromatic ring is 1. The van der Waals surface area contributed by atoms with Crippen molar-refractivity contribution in [1.29, 1.82) is 5.26 Å². The molecule has 1 aromatic carbocycles. The zero-order valence-corrected chi connectivity index (χ0v) is 10.2. The normalized spacial score (nSPS) is 9.65. The lowest BCUT2D eigenvalue weighted by molar-refractivity contribution is 0.102. The van der Waals surface area contributed by atoms with Gasteiger partial charge in [-0.1, -0.05) is 6.07 Å².